The van der Waals surface area contributed by atoms with Gasteiger partial charge in [-0.1, -0.05) is 20.8 Å². The van der Waals surface area contributed by atoms with E-state index in [1.165, 1.54) is 7.11 Å². The first-order chi connectivity index (χ1) is 7.92. The molecule has 17 heavy (non-hydrogen) atoms. The van der Waals surface area contributed by atoms with Crippen LogP contribution in [0.2, 0.25) is 0 Å². The fourth-order valence-electron chi connectivity index (χ4n) is 1.26. The summed E-state index contributed by atoms with van der Waals surface area (Å²) >= 11 is 0. The zero-order chi connectivity index (χ0) is 13.4. The van der Waals surface area contributed by atoms with Crippen LogP contribution in [-0.4, -0.2) is 37.6 Å². The Labute approximate surface area is 103 Å². The Bertz CT molecular complexity index is 254. The fraction of sp³-hybridized carbons (Fsp3) is 0.833. The molecule has 0 saturated heterocycles. The standard InChI is InChI=1S/C12H24N2O3/c1-6-9(4)13-7-10(15)14-11(8(2)3)12(16)17-5/h8-9,11,13H,6-7H2,1-5H3,(H,14,15)/t9?,11-/m0/s1. The van der Waals surface area contributed by atoms with Crippen molar-refractivity contribution in [3.63, 3.8) is 0 Å². The molecule has 5 heteroatoms. The van der Waals surface area contributed by atoms with E-state index < -0.39 is 12.0 Å². The highest BCUT2D eigenvalue weighted by Gasteiger charge is 2.24. The molecule has 0 aromatic carbocycles. The highest BCUT2D eigenvalue weighted by atomic mass is 16.5. The summed E-state index contributed by atoms with van der Waals surface area (Å²) in [5.41, 5.74) is 0. The maximum absolute atomic E-state index is 11.6. The number of hydrogen-bond acceptors (Lipinski definition) is 4. The third-order valence-electron chi connectivity index (χ3n) is 2.66. The first-order valence-corrected chi connectivity index (χ1v) is 6.02. The number of carbonyl (C=O) groups is 2. The van der Waals surface area contributed by atoms with Gasteiger partial charge in [-0.2, -0.15) is 0 Å². The van der Waals surface area contributed by atoms with Crippen molar-refractivity contribution in [1.29, 1.82) is 0 Å². The summed E-state index contributed by atoms with van der Waals surface area (Å²) in [6, 6.07) is -0.289. The molecule has 0 aliphatic rings. The molecule has 0 saturated carbocycles. The van der Waals surface area contributed by atoms with Gasteiger partial charge in [0.2, 0.25) is 5.91 Å². The van der Waals surface area contributed by atoms with E-state index in [-0.39, 0.29) is 24.4 Å². The molecular weight excluding hydrogens is 220 g/mol. The summed E-state index contributed by atoms with van der Waals surface area (Å²) in [5, 5.41) is 5.74. The molecule has 0 aliphatic heterocycles. The second-order valence-electron chi connectivity index (χ2n) is 4.50. The van der Waals surface area contributed by atoms with Crippen molar-refractivity contribution in [2.45, 2.75) is 46.2 Å². The van der Waals surface area contributed by atoms with E-state index in [4.69, 9.17) is 0 Å². The molecule has 0 fully saturated rings. The lowest BCUT2D eigenvalue weighted by molar-refractivity contribution is -0.146. The van der Waals surface area contributed by atoms with Crippen molar-refractivity contribution < 1.29 is 14.3 Å². The molecule has 0 radical (unpaired) electrons. The van der Waals surface area contributed by atoms with Crippen molar-refractivity contribution in [2.75, 3.05) is 13.7 Å². The molecule has 0 rings (SSSR count). The van der Waals surface area contributed by atoms with Gasteiger partial charge < -0.3 is 15.4 Å². The van der Waals surface area contributed by atoms with Crippen molar-refractivity contribution in [3.05, 3.63) is 0 Å². The summed E-state index contributed by atoms with van der Waals surface area (Å²) in [5.74, 6) is -0.582. The zero-order valence-electron chi connectivity index (χ0n) is 11.4. The van der Waals surface area contributed by atoms with Crippen LogP contribution in [0.1, 0.15) is 34.1 Å². The average Bonchev–Trinajstić information content (AvgIpc) is 2.31. The van der Waals surface area contributed by atoms with Gasteiger partial charge in [-0.25, -0.2) is 4.79 Å². The highest BCUT2D eigenvalue weighted by Crippen LogP contribution is 2.03. The van der Waals surface area contributed by atoms with E-state index >= 15 is 0 Å². The predicted octanol–water partition coefficient (Wildman–Crippen LogP) is 0.688. The van der Waals surface area contributed by atoms with Crippen LogP contribution in [-0.2, 0) is 14.3 Å². The van der Waals surface area contributed by atoms with Crippen molar-refractivity contribution in [3.8, 4) is 0 Å². The smallest absolute Gasteiger partial charge is 0.328 e. The second kappa shape index (κ2) is 8.06. The van der Waals surface area contributed by atoms with Gasteiger partial charge in [0.05, 0.1) is 13.7 Å². The number of ether oxygens (including phenoxy) is 1. The minimum absolute atomic E-state index is 0.00926. The average molecular weight is 244 g/mol. The number of hydrogen-bond donors (Lipinski definition) is 2. The third-order valence-corrected chi connectivity index (χ3v) is 2.66. The number of nitrogens with one attached hydrogen (secondary N) is 2. The molecule has 0 spiro atoms. The molecular formula is C12H24N2O3. The molecule has 5 nitrogen and oxygen atoms in total. The van der Waals surface area contributed by atoms with Crippen molar-refractivity contribution >= 4 is 11.9 Å². The van der Waals surface area contributed by atoms with Crippen molar-refractivity contribution in [1.82, 2.24) is 10.6 Å². The molecule has 0 aliphatic carbocycles. The molecule has 0 aromatic rings. The Morgan fingerprint density at radius 2 is 1.82 bits per heavy atom. The maximum Gasteiger partial charge on any atom is 0.328 e. The molecule has 2 atom stereocenters. The van der Waals surface area contributed by atoms with E-state index in [0.717, 1.165) is 6.42 Å². The fourth-order valence-corrected chi connectivity index (χ4v) is 1.26. The summed E-state index contributed by atoms with van der Waals surface area (Å²) in [7, 11) is 1.32. The van der Waals surface area contributed by atoms with Gasteiger partial charge in [0.25, 0.3) is 0 Å². The minimum Gasteiger partial charge on any atom is -0.467 e. The Kier molecular flexibility index (Phi) is 7.54. The number of methoxy groups -OCH3 is 1. The summed E-state index contributed by atoms with van der Waals surface area (Å²) < 4.78 is 4.65. The van der Waals surface area contributed by atoms with Crippen LogP contribution >= 0.6 is 0 Å². The van der Waals surface area contributed by atoms with E-state index in [1.807, 2.05) is 27.7 Å². The number of rotatable bonds is 7. The monoisotopic (exact) mass is 244 g/mol. The molecule has 100 valence electrons. The van der Waals surface area contributed by atoms with Crippen LogP contribution < -0.4 is 10.6 Å². The first-order valence-electron chi connectivity index (χ1n) is 6.02. The summed E-state index contributed by atoms with van der Waals surface area (Å²) in [6.45, 7) is 8.00. The van der Waals surface area contributed by atoms with Gasteiger partial charge in [-0.05, 0) is 19.3 Å². The Morgan fingerprint density at radius 1 is 1.24 bits per heavy atom. The predicted molar refractivity (Wildman–Crippen MR) is 66.5 cm³/mol. The Balaban J connectivity index is 4.18. The minimum atomic E-state index is -0.578. The van der Waals surface area contributed by atoms with Gasteiger partial charge >= 0.3 is 5.97 Å². The van der Waals surface area contributed by atoms with Crippen LogP contribution in [0, 0.1) is 5.92 Å². The Hall–Kier alpha value is -1.10. The molecule has 0 aromatic heterocycles. The molecule has 2 N–H and O–H groups in total. The van der Waals surface area contributed by atoms with Gasteiger partial charge in [0.1, 0.15) is 6.04 Å². The number of carbonyl (C=O) groups excluding carboxylic acids is 2. The number of amides is 1. The van der Waals surface area contributed by atoms with Gasteiger partial charge in [0, 0.05) is 6.04 Å². The van der Waals surface area contributed by atoms with Crippen LogP contribution in [0.5, 0.6) is 0 Å². The normalized spacial score (nSPS) is 14.2. The van der Waals surface area contributed by atoms with Crippen molar-refractivity contribution in [2.24, 2.45) is 5.92 Å². The largest absolute Gasteiger partial charge is 0.467 e. The van der Waals surface area contributed by atoms with Crippen LogP contribution in [0.4, 0.5) is 0 Å². The first kappa shape index (κ1) is 15.9. The second-order valence-corrected chi connectivity index (χ2v) is 4.50. The van der Waals surface area contributed by atoms with Crippen LogP contribution in [0.25, 0.3) is 0 Å². The molecule has 1 unspecified atom stereocenters. The van der Waals surface area contributed by atoms with E-state index in [1.54, 1.807) is 0 Å². The maximum atomic E-state index is 11.6. The molecule has 0 heterocycles. The van der Waals surface area contributed by atoms with E-state index in [2.05, 4.69) is 15.4 Å². The van der Waals surface area contributed by atoms with Crippen LogP contribution in [0.3, 0.4) is 0 Å². The van der Waals surface area contributed by atoms with E-state index in [0.29, 0.717) is 0 Å². The molecule has 0 bridgehead atoms. The number of esters is 1. The lowest BCUT2D eigenvalue weighted by Gasteiger charge is -2.20. The quantitative estimate of drug-likeness (QED) is 0.647. The van der Waals surface area contributed by atoms with Crippen LogP contribution in [0.15, 0.2) is 0 Å². The van der Waals surface area contributed by atoms with Gasteiger partial charge in [-0.3, -0.25) is 4.79 Å². The third kappa shape index (κ3) is 6.26. The van der Waals surface area contributed by atoms with Gasteiger partial charge in [0.15, 0.2) is 0 Å². The SMILES string of the molecule is CCC(C)NCC(=O)N[C@H](C(=O)OC)C(C)C. The summed E-state index contributed by atoms with van der Waals surface area (Å²) in [4.78, 5) is 23.0. The lowest BCUT2D eigenvalue weighted by Crippen LogP contribution is -2.48. The summed E-state index contributed by atoms with van der Waals surface area (Å²) in [6.07, 6.45) is 0.956. The lowest BCUT2D eigenvalue weighted by atomic mass is 10.0. The van der Waals surface area contributed by atoms with Gasteiger partial charge in [-0.15, -0.1) is 0 Å². The topological polar surface area (TPSA) is 67.4 Å². The highest BCUT2D eigenvalue weighted by molar-refractivity contribution is 5.85. The van der Waals surface area contributed by atoms with E-state index in [9.17, 15) is 9.59 Å². The Morgan fingerprint density at radius 3 is 2.24 bits per heavy atom. The zero-order valence-corrected chi connectivity index (χ0v) is 11.4. The molecule has 1 amide bonds.